The first kappa shape index (κ1) is 22.4. The molecule has 0 amide bonds. The second-order valence-corrected chi connectivity index (χ2v) is 9.83. The Labute approximate surface area is 212 Å². The highest BCUT2D eigenvalue weighted by Gasteiger charge is 2.36. The monoisotopic (exact) mass is 497 g/mol. The molecule has 7 heteroatoms. The molecule has 5 aromatic rings. The zero-order chi connectivity index (χ0) is 25.3. The normalized spacial score (nSPS) is 14.4. The highest BCUT2D eigenvalue weighted by Crippen LogP contribution is 2.47. The van der Waals surface area contributed by atoms with E-state index in [1.54, 1.807) is 11.6 Å². The van der Waals surface area contributed by atoms with Crippen molar-refractivity contribution in [3.63, 3.8) is 0 Å². The van der Waals surface area contributed by atoms with E-state index in [4.69, 9.17) is 16.3 Å². The van der Waals surface area contributed by atoms with Gasteiger partial charge in [0.15, 0.2) is 6.10 Å². The molecule has 0 saturated carbocycles. The van der Waals surface area contributed by atoms with Gasteiger partial charge in [-0.2, -0.15) is 0 Å². The van der Waals surface area contributed by atoms with Gasteiger partial charge < -0.3 is 9.30 Å². The molecule has 1 atom stereocenters. The number of halogens is 1. The van der Waals surface area contributed by atoms with Crippen LogP contribution in [0.3, 0.4) is 0 Å². The molecular formula is C29H24ClN3O3. The Balaban J connectivity index is 1.87. The van der Waals surface area contributed by atoms with Gasteiger partial charge in [0.1, 0.15) is 5.75 Å². The summed E-state index contributed by atoms with van der Waals surface area (Å²) in [6.07, 6.45) is -0.585. The van der Waals surface area contributed by atoms with Crippen LogP contribution in [-0.4, -0.2) is 13.7 Å². The molecule has 0 radical (unpaired) electrons. The van der Waals surface area contributed by atoms with Crippen LogP contribution in [0.1, 0.15) is 28.5 Å². The van der Waals surface area contributed by atoms with Crippen molar-refractivity contribution in [1.82, 2.24) is 13.7 Å². The second-order valence-electron chi connectivity index (χ2n) is 9.39. The molecule has 1 aliphatic heterocycles. The molecule has 1 aliphatic rings. The Bertz CT molecular complexity index is 1810. The lowest BCUT2D eigenvalue weighted by Gasteiger charge is -2.30. The molecule has 0 spiro atoms. The summed E-state index contributed by atoms with van der Waals surface area (Å²) in [4.78, 5) is 26.9. The highest BCUT2D eigenvalue weighted by atomic mass is 35.5. The van der Waals surface area contributed by atoms with E-state index < -0.39 is 11.8 Å². The molecule has 0 N–H and O–H groups in total. The molecule has 0 saturated heterocycles. The summed E-state index contributed by atoms with van der Waals surface area (Å²) in [6, 6.07) is 21.6. The molecule has 6 rings (SSSR count). The summed E-state index contributed by atoms with van der Waals surface area (Å²) >= 11 is 6.38. The standard InChI is InChI=1S/C29H24ClN3O3/c1-16-8-11-18(12-9-16)24-23-25(31(3)29(35)32(4)28(23)34)26-27(19-6-5-7-20(30)15-19)36-22-13-10-17(2)14-21(22)33(24)26/h5-15,27H,1-4H3/t27-/m1/s1. The van der Waals surface area contributed by atoms with Crippen molar-refractivity contribution in [1.29, 1.82) is 0 Å². The molecule has 2 aromatic heterocycles. The Kier molecular flexibility index (Phi) is 4.99. The highest BCUT2D eigenvalue weighted by molar-refractivity contribution is 6.30. The van der Waals surface area contributed by atoms with Crippen LogP contribution in [0.15, 0.2) is 76.3 Å². The van der Waals surface area contributed by atoms with E-state index in [0.717, 1.165) is 39.3 Å². The lowest BCUT2D eigenvalue weighted by molar-refractivity contribution is 0.229. The van der Waals surface area contributed by atoms with E-state index in [2.05, 4.69) is 4.57 Å². The average Bonchev–Trinajstić information content (AvgIpc) is 3.23. The van der Waals surface area contributed by atoms with Crippen LogP contribution in [0.25, 0.3) is 27.8 Å². The largest absolute Gasteiger partial charge is 0.477 e. The third-order valence-electron chi connectivity index (χ3n) is 6.93. The third-order valence-corrected chi connectivity index (χ3v) is 7.17. The van der Waals surface area contributed by atoms with Crippen molar-refractivity contribution in [2.45, 2.75) is 20.0 Å². The smallest absolute Gasteiger partial charge is 0.331 e. The van der Waals surface area contributed by atoms with E-state index in [-0.39, 0.29) is 5.56 Å². The zero-order valence-corrected chi connectivity index (χ0v) is 21.1. The number of hydrogen-bond donors (Lipinski definition) is 0. The van der Waals surface area contributed by atoms with Gasteiger partial charge in [-0.1, -0.05) is 59.6 Å². The summed E-state index contributed by atoms with van der Waals surface area (Å²) in [5.41, 5.74) is 5.98. The maximum Gasteiger partial charge on any atom is 0.331 e. The summed E-state index contributed by atoms with van der Waals surface area (Å²) in [7, 11) is 3.22. The van der Waals surface area contributed by atoms with Gasteiger partial charge in [0.05, 0.1) is 28.0 Å². The molecular weight excluding hydrogens is 474 g/mol. The molecule has 36 heavy (non-hydrogen) atoms. The molecule has 0 fully saturated rings. The van der Waals surface area contributed by atoms with Gasteiger partial charge in [-0.3, -0.25) is 13.9 Å². The summed E-state index contributed by atoms with van der Waals surface area (Å²) in [6.45, 7) is 4.05. The fourth-order valence-corrected chi connectivity index (χ4v) is 5.35. The summed E-state index contributed by atoms with van der Waals surface area (Å²) < 4.78 is 11.4. The minimum atomic E-state index is -0.585. The molecule has 3 aromatic carbocycles. The summed E-state index contributed by atoms with van der Waals surface area (Å²) in [5.74, 6) is 0.688. The van der Waals surface area contributed by atoms with Crippen LogP contribution in [0.5, 0.6) is 5.75 Å². The fraction of sp³-hybridized carbons (Fsp3) is 0.172. The lowest BCUT2D eigenvalue weighted by Crippen LogP contribution is -2.37. The average molecular weight is 498 g/mol. The minimum Gasteiger partial charge on any atom is -0.477 e. The van der Waals surface area contributed by atoms with Crippen molar-refractivity contribution in [3.8, 4) is 22.7 Å². The molecule has 0 aliphatic carbocycles. The lowest BCUT2D eigenvalue weighted by atomic mass is 10.0. The Hall–Kier alpha value is -4.03. The predicted molar refractivity (Wildman–Crippen MR) is 143 cm³/mol. The topological polar surface area (TPSA) is 58.2 Å². The Morgan fingerprint density at radius 2 is 1.58 bits per heavy atom. The van der Waals surface area contributed by atoms with Crippen LogP contribution in [0.4, 0.5) is 0 Å². The molecule has 3 heterocycles. The van der Waals surface area contributed by atoms with E-state index >= 15 is 0 Å². The number of ether oxygens (including phenoxy) is 1. The van der Waals surface area contributed by atoms with Gasteiger partial charge in [-0.05, 0) is 54.8 Å². The molecule has 0 bridgehead atoms. The van der Waals surface area contributed by atoms with Crippen LogP contribution in [0, 0.1) is 13.8 Å². The van der Waals surface area contributed by atoms with Gasteiger partial charge in [0, 0.05) is 19.1 Å². The number of nitrogens with zero attached hydrogens (tertiary/aromatic N) is 3. The number of aromatic nitrogens is 3. The molecule has 180 valence electrons. The first-order valence-electron chi connectivity index (χ1n) is 11.7. The van der Waals surface area contributed by atoms with E-state index in [1.165, 1.54) is 11.6 Å². The van der Waals surface area contributed by atoms with Crippen molar-refractivity contribution < 1.29 is 4.74 Å². The zero-order valence-electron chi connectivity index (χ0n) is 20.4. The van der Waals surface area contributed by atoms with Crippen LogP contribution < -0.4 is 16.0 Å². The van der Waals surface area contributed by atoms with Gasteiger partial charge >= 0.3 is 5.69 Å². The second kappa shape index (κ2) is 8.00. The first-order chi connectivity index (χ1) is 17.3. The van der Waals surface area contributed by atoms with Gasteiger partial charge in [0.25, 0.3) is 5.56 Å². The van der Waals surface area contributed by atoms with Gasteiger partial charge in [-0.15, -0.1) is 0 Å². The van der Waals surface area contributed by atoms with Gasteiger partial charge in [0.2, 0.25) is 0 Å². The third kappa shape index (κ3) is 3.18. The van der Waals surface area contributed by atoms with Crippen molar-refractivity contribution in [2.75, 3.05) is 0 Å². The Morgan fingerprint density at radius 1 is 0.861 bits per heavy atom. The van der Waals surface area contributed by atoms with Crippen LogP contribution >= 0.6 is 11.6 Å². The predicted octanol–water partition coefficient (Wildman–Crippen LogP) is 5.45. The van der Waals surface area contributed by atoms with Crippen LogP contribution in [0.2, 0.25) is 5.02 Å². The number of benzene rings is 3. The first-order valence-corrected chi connectivity index (χ1v) is 12.1. The van der Waals surface area contributed by atoms with E-state index in [0.29, 0.717) is 21.7 Å². The fourth-order valence-electron chi connectivity index (χ4n) is 5.15. The van der Waals surface area contributed by atoms with Crippen molar-refractivity contribution >= 4 is 22.5 Å². The van der Waals surface area contributed by atoms with Crippen molar-refractivity contribution in [2.24, 2.45) is 14.1 Å². The Morgan fingerprint density at radius 3 is 2.31 bits per heavy atom. The van der Waals surface area contributed by atoms with E-state index in [9.17, 15) is 9.59 Å². The van der Waals surface area contributed by atoms with Crippen LogP contribution in [-0.2, 0) is 14.1 Å². The SMILES string of the molecule is Cc1ccc(-c2c3c(=O)n(C)c(=O)n(C)c3c3n2-c2cc(C)ccc2O[C@@H]3c2cccc(Cl)c2)cc1. The maximum absolute atomic E-state index is 13.7. The van der Waals surface area contributed by atoms with E-state index in [1.807, 2.05) is 80.6 Å². The number of aryl methyl sites for hydroxylation is 3. The molecule has 6 nitrogen and oxygen atoms in total. The van der Waals surface area contributed by atoms with Gasteiger partial charge in [-0.25, -0.2) is 4.79 Å². The number of fused-ring (bicyclic) bond motifs is 5. The summed E-state index contributed by atoms with van der Waals surface area (Å²) in [5, 5.41) is 1.06. The number of rotatable bonds is 2. The minimum absolute atomic E-state index is 0.343. The number of hydrogen-bond acceptors (Lipinski definition) is 3. The quantitative estimate of drug-likeness (QED) is 0.326. The molecule has 0 unspecified atom stereocenters. The van der Waals surface area contributed by atoms with Crippen molar-refractivity contribution in [3.05, 3.63) is 115 Å². The maximum atomic E-state index is 13.7.